The number of hydrogen-bond acceptors (Lipinski definition) is 10. The molecule has 2 aromatic heterocycles. The Balaban J connectivity index is 1.54. The fraction of sp³-hybridized carbons (Fsp3) is 0.467. The highest BCUT2D eigenvalue weighted by molar-refractivity contribution is 7.07. The molecule has 3 amide bonds. The molecule has 3 aromatic rings. The van der Waals surface area contributed by atoms with Gasteiger partial charge in [0.25, 0.3) is 5.91 Å². The molecule has 1 aromatic carbocycles. The molecule has 0 saturated carbocycles. The van der Waals surface area contributed by atoms with E-state index < -0.39 is 41.4 Å². The molecule has 13 heteroatoms. The number of ether oxygens (including phenoxy) is 2. The molecule has 1 saturated heterocycles. The maximum Gasteiger partial charge on any atom is 0.274 e. The number of amides is 3. The Morgan fingerprint density at radius 3 is 2.30 bits per heavy atom. The molecular formula is C30H37N5O7S. The number of epoxide rings is 1. The number of hydrogen-bond donors (Lipinski definition) is 3. The lowest BCUT2D eigenvalue weighted by Gasteiger charge is -2.26. The monoisotopic (exact) mass is 611 g/mol. The van der Waals surface area contributed by atoms with Crippen molar-refractivity contribution < 1.29 is 33.2 Å². The van der Waals surface area contributed by atoms with Gasteiger partial charge in [0.1, 0.15) is 24.3 Å². The fourth-order valence-electron chi connectivity index (χ4n) is 4.54. The largest absolute Gasteiger partial charge is 0.377 e. The number of ketones is 1. The summed E-state index contributed by atoms with van der Waals surface area (Å²) in [6.45, 7) is 6.06. The van der Waals surface area contributed by atoms with Crippen molar-refractivity contribution in [3.8, 4) is 0 Å². The lowest BCUT2D eigenvalue weighted by molar-refractivity contribution is -0.133. The number of carbonyl (C=O) groups excluding carboxylic acids is 4. The highest BCUT2D eigenvalue weighted by atomic mass is 32.1. The number of carbonyl (C=O) groups is 4. The van der Waals surface area contributed by atoms with Crippen LogP contribution in [0.15, 0.2) is 51.8 Å². The van der Waals surface area contributed by atoms with Gasteiger partial charge >= 0.3 is 0 Å². The van der Waals surface area contributed by atoms with Crippen molar-refractivity contribution in [1.29, 1.82) is 0 Å². The van der Waals surface area contributed by atoms with Crippen molar-refractivity contribution in [1.82, 2.24) is 26.1 Å². The molecule has 0 spiro atoms. The molecule has 1 aliphatic rings. The fourth-order valence-corrected chi connectivity index (χ4v) is 5.12. The summed E-state index contributed by atoms with van der Waals surface area (Å²) in [6.07, 6.45) is 0.657. The summed E-state index contributed by atoms with van der Waals surface area (Å²) in [5, 5.41) is 13.9. The van der Waals surface area contributed by atoms with E-state index in [1.165, 1.54) is 24.5 Å². The highest BCUT2D eigenvalue weighted by Gasteiger charge is 2.50. The van der Waals surface area contributed by atoms with Crippen LogP contribution < -0.4 is 16.0 Å². The molecule has 0 bridgehead atoms. The minimum atomic E-state index is -1.09. The van der Waals surface area contributed by atoms with Crippen molar-refractivity contribution in [2.24, 2.45) is 5.92 Å². The van der Waals surface area contributed by atoms with Crippen LogP contribution in [0, 0.1) is 5.92 Å². The summed E-state index contributed by atoms with van der Waals surface area (Å²) in [5.74, 6) is -1.47. The first-order valence-electron chi connectivity index (χ1n) is 14.0. The predicted octanol–water partition coefficient (Wildman–Crippen LogP) is 2.24. The van der Waals surface area contributed by atoms with Crippen LogP contribution in [0.3, 0.4) is 0 Å². The van der Waals surface area contributed by atoms with E-state index in [1.54, 1.807) is 17.8 Å². The zero-order chi connectivity index (χ0) is 31.0. The maximum atomic E-state index is 13.7. The Hall–Kier alpha value is -3.94. The smallest absolute Gasteiger partial charge is 0.274 e. The summed E-state index contributed by atoms with van der Waals surface area (Å²) in [6, 6.07) is 7.74. The molecule has 4 rings (SSSR count). The van der Waals surface area contributed by atoms with Crippen molar-refractivity contribution in [2.45, 2.75) is 70.4 Å². The van der Waals surface area contributed by atoms with E-state index in [-0.39, 0.29) is 36.8 Å². The number of thiazole rings is 1. The Morgan fingerprint density at radius 1 is 1.02 bits per heavy atom. The summed E-state index contributed by atoms with van der Waals surface area (Å²) < 4.78 is 15.5. The van der Waals surface area contributed by atoms with Crippen LogP contribution >= 0.6 is 11.3 Å². The zero-order valence-electron chi connectivity index (χ0n) is 24.6. The number of methoxy groups -OCH3 is 1. The molecule has 3 heterocycles. The van der Waals surface area contributed by atoms with Crippen LogP contribution in [-0.4, -0.2) is 71.1 Å². The van der Waals surface area contributed by atoms with Gasteiger partial charge in [-0.15, -0.1) is 11.3 Å². The Morgan fingerprint density at radius 2 is 1.70 bits per heavy atom. The van der Waals surface area contributed by atoms with Crippen LogP contribution in [0.25, 0.3) is 0 Å². The minimum absolute atomic E-state index is 0.0208. The summed E-state index contributed by atoms with van der Waals surface area (Å²) in [7, 11) is 1.49. The van der Waals surface area contributed by atoms with Crippen LogP contribution in [-0.2, 0) is 43.3 Å². The Kier molecular flexibility index (Phi) is 10.8. The number of Topliss-reactive ketones (excluding diaryl/α,β-unsaturated/α-hetero) is 1. The van der Waals surface area contributed by atoms with Crippen molar-refractivity contribution in [3.05, 3.63) is 70.0 Å². The first kappa shape index (κ1) is 32.0. The number of rotatable bonds is 16. The van der Waals surface area contributed by atoms with Crippen LogP contribution in [0.4, 0.5) is 0 Å². The van der Waals surface area contributed by atoms with Gasteiger partial charge in [-0.25, -0.2) is 4.98 Å². The molecule has 43 heavy (non-hydrogen) atoms. The van der Waals surface area contributed by atoms with Crippen LogP contribution in [0.2, 0.25) is 0 Å². The first-order valence-corrected chi connectivity index (χ1v) is 15.0. The van der Waals surface area contributed by atoms with Gasteiger partial charge in [-0.05, 0) is 24.8 Å². The second-order valence-corrected chi connectivity index (χ2v) is 11.9. The van der Waals surface area contributed by atoms with Crippen molar-refractivity contribution in [2.75, 3.05) is 13.7 Å². The van der Waals surface area contributed by atoms with E-state index in [9.17, 15) is 19.2 Å². The van der Waals surface area contributed by atoms with Crippen LogP contribution in [0.1, 0.15) is 54.7 Å². The summed E-state index contributed by atoms with van der Waals surface area (Å²) >= 11 is 1.36. The predicted molar refractivity (Wildman–Crippen MR) is 157 cm³/mol. The molecule has 0 radical (unpaired) electrons. The Bertz CT molecular complexity index is 1390. The number of nitrogens with one attached hydrogen (secondary N) is 3. The third-order valence-electron chi connectivity index (χ3n) is 6.95. The highest BCUT2D eigenvalue weighted by Crippen LogP contribution is 2.29. The van der Waals surface area contributed by atoms with Gasteiger partial charge in [0.05, 0.1) is 23.9 Å². The van der Waals surface area contributed by atoms with Gasteiger partial charge in [0, 0.05) is 31.4 Å². The van der Waals surface area contributed by atoms with Gasteiger partial charge in [0.15, 0.2) is 17.2 Å². The van der Waals surface area contributed by atoms with Crippen molar-refractivity contribution in [3.63, 3.8) is 0 Å². The van der Waals surface area contributed by atoms with Gasteiger partial charge in [-0.1, -0.05) is 49.3 Å². The number of benzene rings is 1. The van der Waals surface area contributed by atoms with E-state index in [1.807, 2.05) is 44.2 Å². The van der Waals surface area contributed by atoms with E-state index in [4.69, 9.17) is 14.0 Å². The SMILES string of the molecule is COCc1cc(C(=O)NC(Cc2cscn2)C(=O)NC(Cc2ccccc2)C(=O)NC(CC(C)C)C(=O)C2(C)CO2)no1. The van der Waals surface area contributed by atoms with E-state index in [0.29, 0.717) is 24.5 Å². The summed E-state index contributed by atoms with van der Waals surface area (Å²) in [5.41, 5.74) is 2.09. The average Bonchev–Trinajstić information content (AvgIpc) is 3.32. The standard InChI is InChI=1S/C30H37N5O7S/c1-18(2)10-22(26(36)30(3)16-41-30)32-27(37)23(11-19-8-6-5-7-9-19)33-28(38)24(12-20-15-43-17-31-20)34-29(39)25-13-21(14-40-4)42-35-25/h5-9,13,15,17-18,22-24H,10-12,14,16H2,1-4H3,(H,32,37)(H,33,38)(H,34,39). The van der Waals surface area contributed by atoms with E-state index >= 15 is 0 Å². The zero-order valence-corrected chi connectivity index (χ0v) is 25.4. The molecule has 0 aliphatic carbocycles. The van der Waals surface area contributed by atoms with Gasteiger partial charge < -0.3 is 29.9 Å². The summed E-state index contributed by atoms with van der Waals surface area (Å²) in [4.78, 5) is 57.9. The third kappa shape index (κ3) is 9.02. The van der Waals surface area contributed by atoms with Crippen molar-refractivity contribution >= 4 is 34.8 Å². The molecule has 3 N–H and O–H groups in total. The number of nitrogens with zero attached hydrogens (tertiary/aromatic N) is 2. The van der Waals surface area contributed by atoms with Crippen LogP contribution in [0.5, 0.6) is 0 Å². The normalized spacial score (nSPS) is 18.0. The quantitative estimate of drug-likeness (QED) is 0.206. The second-order valence-electron chi connectivity index (χ2n) is 11.1. The first-order chi connectivity index (χ1) is 20.6. The molecule has 12 nitrogen and oxygen atoms in total. The lowest BCUT2D eigenvalue weighted by Crippen LogP contribution is -2.57. The maximum absolute atomic E-state index is 13.7. The third-order valence-corrected chi connectivity index (χ3v) is 7.59. The molecular weight excluding hydrogens is 574 g/mol. The minimum Gasteiger partial charge on any atom is -0.377 e. The van der Waals surface area contributed by atoms with Gasteiger partial charge in [-0.2, -0.15) is 0 Å². The van der Waals surface area contributed by atoms with E-state index in [0.717, 1.165) is 5.56 Å². The average molecular weight is 612 g/mol. The second kappa shape index (κ2) is 14.5. The lowest BCUT2D eigenvalue weighted by atomic mass is 9.93. The molecule has 4 unspecified atom stereocenters. The van der Waals surface area contributed by atoms with Gasteiger partial charge in [0.2, 0.25) is 11.8 Å². The molecule has 230 valence electrons. The molecule has 4 atom stereocenters. The topological polar surface area (TPSA) is 165 Å². The number of aromatic nitrogens is 2. The molecule has 1 fully saturated rings. The molecule has 1 aliphatic heterocycles. The van der Waals surface area contributed by atoms with E-state index in [2.05, 4.69) is 26.1 Å². The Labute approximate surface area is 253 Å². The van der Waals surface area contributed by atoms with Gasteiger partial charge in [-0.3, -0.25) is 19.2 Å².